The smallest absolute Gasteiger partial charge is 0.141 e. The van der Waals surface area contributed by atoms with Crippen LogP contribution in [-0.2, 0) is 13.1 Å². The van der Waals surface area contributed by atoms with Gasteiger partial charge in [-0.25, -0.2) is 9.37 Å². The molecule has 3 aromatic rings. The average molecular weight is 376 g/mol. The zero-order valence-electron chi connectivity index (χ0n) is 14.5. The van der Waals surface area contributed by atoms with Crippen LogP contribution in [0.3, 0.4) is 0 Å². The Hall–Kier alpha value is -2.57. The van der Waals surface area contributed by atoms with Gasteiger partial charge in [-0.05, 0) is 24.3 Å². The van der Waals surface area contributed by atoms with Crippen molar-refractivity contribution in [2.24, 2.45) is 0 Å². The largest absolute Gasteiger partial charge is 0.497 e. The fourth-order valence-electron chi connectivity index (χ4n) is 2.64. The molecule has 0 radical (unpaired) electrons. The van der Waals surface area contributed by atoms with Crippen molar-refractivity contribution < 1.29 is 13.9 Å². The first-order valence-corrected chi connectivity index (χ1v) is 8.39. The van der Waals surface area contributed by atoms with Gasteiger partial charge in [-0.2, -0.15) is 0 Å². The van der Waals surface area contributed by atoms with E-state index in [0.29, 0.717) is 13.1 Å². The van der Waals surface area contributed by atoms with E-state index in [1.807, 2.05) is 29.0 Å². The second kappa shape index (κ2) is 8.21. The van der Waals surface area contributed by atoms with E-state index in [0.717, 1.165) is 28.6 Å². The lowest BCUT2D eigenvalue weighted by atomic mass is 10.2. The molecule has 0 saturated heterocycles. The van der Waals surface area contributed by atoms with Gasteiger partial charge in [0.15, 0.2) is 0 Å². The molecule has 3 rings (SSSR count). The molecule has 0 aliphatic rings. The fraction of sp³-hybridized carbons (Fsp3) is 0.211. The zero-order valence-corrected chi connectivity index (χ0v) is 15.3. The number of hydrogen-bond donors (Lipinski definition) is 1. The van der Waals surface area contributed by atoms with Gasteiger partial charge in [0.2, 0.25) is 0 Å². The van der Waals surface area contributed by atoms with Crippen molar-refractivity contribution >= 4 is 11.6 Å². The molecule has 0 saturated carbocycles. The lowest BCUT2D eigenvalue weighted by molar-refractivity contribution is 0.389. The summed E-state index contributed by atoms with van der Waals surface area (Å²) in [4.78, 5) is 4.36. The van der Waals surface area contributed by atoms with Crippen molar-refractivity contribution in [2.45, 2.75) is 13.1 Å². The van der Waals surface area contributed by atoms with Crippen LogP contribution in [0.4, 0.5) is 4.39 Å². The number of nitrogens with one attached hydrogen (secondary N) is 1. The number of rotatable bonds is 7. The lowest BCUT2D eigenvalue weighted by Gasteiger charge is -2.12. The molecule has 0 spiro atoms. The highest BCUT2D eigenvalue weighted by Crippen LogP contribution is 2.24. The van der Waals surface area contributed by atoms with E-state index in [-0.39, 0.29) is 5.02 Å². The molecule has 5 nitrogen and oxygen atoms in total. The van der Waals surface area contributed by atoms with Gasteiger partial charge in [-0.3, -0.25) is 0 Å². The maximum Gasteiger partial charge on any atom is 0.141 e. The predicted octanol–water partition coefficient (Wildman–Crippen LogP) is 3.97. The van der Waals surface area contributed by atoms with E-state index in [2.05, 4.69) is 10.3 Å². The first-order chi connectivity index (χ1) is 12.6. The maximum atomic E-state index is 13.4. The molecule has 136 valence electrons. The number of ether oxygens (including phenoxy) is 2. The summed E-state index contributed by atoms with van der Waals surface area (Å²) in [7, 11) is 3.25. The Bertz CT molecular complexity index is 898. The van der Waals surface area contributed by atoms with E-state index in [4.69, 9.17) is 21.1 Å². The van der Waals surface area contributed by atoms with Gasteiger partial charge < -0.3 is 19.4 Å². The molecule has 0 fully saturated rings. The van der Waals surface area contributed by atoms with Gasteiger partial charge >= 0.3 is 0 Å². The molecule has 26 heavy (non-hydrogen) atoms. The van der Waals surface area contributed by atoms with E-state index in [1.165, 1.54) is 6.07 Å². The highest BCUT2D eigenvalue weighted by molar-refractivity contribution is 6.30. The summed E-state index contributed by atoms with van der Waals surface area (Å²) >= 11 is 5.88. The molecule has 2 aromatic carbocycles. The van der Waals surface area contributed by atoms with Gasteiger partial charge in [-0.15, -0.1) is 0 Å². The number of methoxy groups -OCH3 is 2. The van der Waals surface area contributed by atoms with Crippen molar-refractivity contribution in [1.29, 1.82) is 0 Å². The Kier molecular flexibility index (Phi) is 5.75. The van der Waals surface area contributed by atoms with Crippen LogP contribution >= 0.6 is 11.6 Å². The van der Waals surface area contributed by atoms with E-state index >= 15 is 0 Å². The van der Waals surface area contributed by atoms with Crippen molar-refractivity contribution in [3.8, 4) is 17.2 Å². The average Bonchev–Trinajstić information content (AvgIpc) is 3.12. The van der Waals surface area contributed by atoms with Crippen molar-refractivity contribution in [1.82, 2.24) is 14.9 Å². The number of hydrogen-bond acceptors (Lipinski definition) is 4. The summed E-state index contributed by atoms with van der Waals surface area (Å²) in [5.41, 5.74) is 1.77. The highest BCUT2D eigenvalue weighted by Gasteiger charge is 2.09. The number of imidazole rings is 1. The SMILES string of the molecule is COc1ccc(CNCc2nccn2-c2ccc(F)c(Cl)c2)c(OC)c1. The minimum absolute atomic E-state index is 0.0816. The summed E-state index contributed by atoms with van der Waals surface area (Å²) in [6.07, 6.45) is 3.51. The summed E-state index contributed by atoms with van der Waals surface area (Å²) < 4.78 is 25.8. The summed E-state index contributed by atoms with van der Waals surface area (Å²) in [6, 6.07) is 10.3. The van der Waals surface area contributed by atoms with Crippen LogP contribution in [0.15, 0.2) is 48.8 Å². The third-order valence-corrected chi connectivity index (χ3v) is 4.28. The molecule has 1 heterocycles. The lowest BCUT2D eigenvalue weighted by Crippen LogP contribution is -2.16. The quantitative estimate of drug-likeness (QED) is 0.678. The van der Waals surface area contributed by atoms with Crippen LogP contribution in [0.1, 0.15) is 11.4 Å². The molecule has 7 heteroatoms. The molecule has 0 unspecified atom stereocenters. The van der Waals surface area contributed by atoms with Gasteiger partial charge in [0, 0.05) is 36.3 Å². The van der Waals surface area contributed by atoms with Gasteiger partial charge in [-0.1, -0.05) is 17.7 Å². The first-order valence-electron chi connectivity index (χ1n) is 8.01. The van der Waals surface area contributed by atoms with Crippen LogP contribution in [-0.4, -0.2) is 23.8 Å². The molecule has 0 amide bonds. The third kappa shape index (κ3) is 3.98. The number of halogens is 2. The van der Waals surface area contributed by atoms with Gasteiger partial charge in [0.05, 0.1) is 25.8 Å². The monoisotopic (exact) mass is 375 g/mol. The summed E-state index contributed by atoms with van der Waals surface area (Å²) in [6.45, 7) is 1.13. The second-order valence-corrected chi connectivity index (χ2v) is 6.00. The van der Waals surface area contributed by atoms with Crippen molar-refractivity contribution in [3.63, 3.8) is 0 Å². The Morgan fingerprint density at radius 1 is 1.12 bits per heavy atom. The minimum atomic E-state index is -0.443. The Morgan fingerprint density at radius 2 is 1.96 bits per heavy atom. The molecule has 0 aliphatic carbocycles. The third-order valence-electron chi connectivity index (χ3n) is 3.99. The molecular weight excluding hydrogens is 357 g/mol. The van der Waals surface area contributed by atoms with Crippen molar-refractivity contribution in [3.05, 3.63) is 71.0 Å². The predicted molar refractivity (Wildman–Crippen MR) is 98.6 cm³/mol. The topological polar surface area (TPSA) is 48.3 Å². The highest BCUT2D eigenvalue weighted by atomic mass is 35.5. The number of aromatic nitrogens is 2. The molecule has 0 aliphatic heterocycles. The Labute approximate surface area is 156 Å². The fourth-order valence-corrected chi connectivity index (χ4v) is 2.82. The molecular formula is C19H19ClFN3O2. The molecule has 1 aromatic heterocycles. The van der Waals surface area contributed by atoms with Crippen LogP contribution in [0.2, 0.25) is 5.02 Å². The zero-order chi connectivity index (χ0) is 18.5. The first kappa shape index (κ1) is 18.2. The number of nitrogens with zero attached hydrogens (tertiary/aromatic N) is 2. The second-order valence-electron chi connectivity index (χ2n) is 5.59. The summed E-state index contributed by atoms with van der Waals surface area (Å²) in [5, 5.41) is 3.42. The standard InChI is InChI=1S/C19H19ClFN3O2/c1-25-15-5-3-13(18(10-15)26-2)11-22-12-19-23-7-8-24(19)14-4-6-17(21)16(20)9-14/h3-10,22H,11-12H2,1-2H3. The van der Waals surface area contributed by atoms with Crippen LogP contribution in [0.5, 0.6) is 11.5 Å². The van der Waals surface area contributed by atoms with Crippen LogP contribution in [0.25, 0.3) is 5.69 Å². The molecule has 1 N–H and O–H groups in total. The van der Waals surface area contributed by atoms with E-state index in [9.17, 15) is 4.39 Å². The van der Waals surface area contributed by atoms with Gasteiger partial charge in [0.25, 0.3) is 0 Å². The Balaban J connectivity index is 1.70. The molecule has 0 atom stereocenters. The van der Waals surface area contributed by atoms with E-state index in [1.54, 1.807) is 32.5 Å². The van der Waals surface area contributed by atoms with Crippen molar-refractivity contribution in [2.75, 3.05) is 14.2 Å². The minimum Gasteiger partial charge on any atom is -0.497 e. The van der Waals surface area contributed by atoms with E-state index < -0.39 is 5.82 Å². The maximum absolute atomic E-state index is 13.4. The van der Waals surface area contributed by atoms with Crippen LogP contribution in [0, 0.1) is 5.82 Å². The Morgan fingerprint density at radius 3 is 2.69 bits per heavy atom. The van der Waals surface area contributed by atoms with Crippen LogP contribution < -0.4 is 14.8 Å². The summed E-state index contributed by atoms with van der Waals surface area (Å²) in [5.74, 6) is 1.85. The number of benzene rings is 2. The normalized spacial score (nSPS) is 10.8. The van der Waals surface area contributed by atoms with Gasteiger partial charge in [0.1, 0.15) is 23.1 Å². The molecule has 0 bridgehead atoms.